The average Bonchev–Trinajstić information content (AvgIpc) is 2.95. The number of carboxylic acid groups (broad SMARTS) is 1. The van der Waals surface area contributed by atoms with Crippen molar-refractivity contribution in [3.8, 4) is 10.7 Å². The second-order valence-electron chi connectivity index (χ2n) is 3.38. The summed E-state index contributed by atoms with van der Waals surface area (Å²) in [6.07, 6.45) is 3.32. The van der Waals surface area contributed by atoms with E-state index in [0.29, 0.717) is 11.5 Å². The zero-order chi connectivity index (χ0) is 11.8. The van der Waals surface area contributed by atoms with Gasteiger partial charge in [0.05, 0.1) is 4.88 Å². The molecule has 6 heteroatoms. The summed E-state index contributed by atoms with van der Waals surface area (Å²) in [6, 6.07) is 5.55. The third-order valence-electron chi connectivity index (χ3n) is 2.35. The monoisotopic (exact) mass is 245 g/mol. The quantitative estimate of drug-likeness (QED) is 0.751. The van der Waals surface area contributed by atoms with Crippen LogP contribution in [0.3, 0.4) is 0 Å². The van der Waals surface area contributed by atoms with Gasteiger partial charge in [-0.3, -0.25) is 4.40 Å². The van der Waals surface area contributed by atoms with Gasteiger partial charge in [-0.05, 0) is 17.5 Å². The fraction of sp³-hybridized carbons (Fsp3) is 0. The lowest BCUT2D eigenvalue weighted by atomic mass is 10.4. The fourth-order valence-corrected chi connectivity index (χ4v) is 2.36. The number of rotatable bonds is 2. The minimum absolute atomic E-state index is 0.0194. The summed E-state index contributed by atoms with van der Waals surface area (Å²) in [5, 5.41) is 11.0. The zero-order valence-electron chi connectivity index (χ0n) is 8.57. The molecule has 0 atom stereocenters. The summed E-state index contributed by atoms with van der Waals surface area (Å²) in [5.41, 5.74) is 0.345. The maximum Gasteiger partial charge on any atom is 0.358 e. The maximum atomic E-state index is 11.1. The molecule has 0 saturated carbocycles. The molecule has 3 aromatic heterocycles. The van der Waals surface area contributed by atoms with Gasteiger partial charge in [-0.15, -0.1) is 11.3 Å². The topological polar surface area (TPSA) is 67.5 Å². The zero-order valence-corrected chi connectivity index (χ0v) is 9.39. The van der Waals surface area contributed by atoms with Gasteiger partial charge in [-0.2, -0.15) is 0 Å². The van der Waals surface area contributed by atoms with Crippen LogP contribution in [0, 0.1) is 0 Å². The Bertz CT molecular complexity index is 688. The Balaban J connectivity index is 2.37. The van der Waals surface area contributed by atoms with Crippen molar-refractivity contribution in [2.45, 2.75) is 0 Å². The minimum atomic E-state index is -1.07. The predicted octanol–water partition coefficient (Wildman–Crippen LogP) is 2.16. The molecule has 0 bridgehead atoms. The van der Waals surface area contributed by atoms with E-state index in [1.807, 2.05) is 17.5 Å². The molecule has 5 nitrogen and oxygen atoms in total. The van der Waals surface area contributed by atoms with Crippen molar-refractivity contribution in [2.75, 3.05) is 0 Å². The van der Waals surface area contributed by atoms with Crippen molar-refractivity contribution in [3.05, 3.63) is 41.7 Å². The third-order valence-corrected chi connectivity index (χ3v) is 3.21. The van der Waals surface area contributed by atoms with E-state index in [0.717, 1.165) is 4.88 Å². The first-order valence-corrected chi connectivity index (χ1v) is 5.75. The summed E-state index contributed by atoms with van der Waals surface area (Å²) in [7, 11) is 0. The number of nitrogens with zero attached hydrogens (tertiary/aromatic N) is 3. The molecule has 0 aliphatic carbocycles. The van der Waals surface area contributed by atoms with Crippen molar-refractivity contribution in [2.24, 2.45) is 0 Å². The molecule has 84 valence electrons. The summed E-state index contributed by atoms with van der Waals surface area (Å²) >= 11 is 1.51. The summed E-state index contributed by atoms with van der Waals surface area (Å²) in [6.45, 7) is 0. The highest BCUT2D eigenvalue weighted by Crippen LogP contribution is 2.25. The summed E-state index contributed by atoms with van der Waals surface area (Å²) < 4.78 is 1.69. The fourth-order valence-electron chi connectivity index (χ4n) is 1.65. The lowest BCUT2D eigenvalue weighted by Crippen LogP contribution is -1.98. The number of aromatic nitrogens is 3. The third kappa shape index (κ3) is 1.50. The molecule has 3 heterocycles. The lowest BCUT2D eigenvalue weighted by Gasteiger charge is -1.95. The standard InChI is InChI=1S/C11H7N3O2S/c15-11(16)8-10-12-4-2-5-14(10)9(13-8)7-3-1-6-17-7/h1-6H,(H,15,16). The molecule has 1 N–H and O–H groups in total. The largest absolute Gasteiger partial charge is 0.476 e. The van der Waals surface area contributed by atoms with Crippen molar-refractivity contribution in [3.63, 3.8) is 0 Å². The van der Waals surface area contributed by atoms with Crippen molar-refractivity contribution in [1.82, 2.24) is 14.4 Å². The van der Waals surface area contributed by atoms with Crippen molar-refractivity contribution < 1.29 is 9.90 Å². The molecule has 0 aliphatic heterocycles. The molecule has 17 heavy (non-hydrogen) atoms. The molecule has 0 amide bonds. The Morgan fingerprint density at radius 2 is 2.29 bits per heavy atom. The van der Waals surface area contributed by atoms with E-state index in [4.69, 9.17) is 5.11 Å². The Morgan fingerprint density at radius 1 is 1.41 bits per heavy atom. The number of aromatic carboxylic acids is 1. The normalized spacial score (nSPS) is 10.8. The first-order chi connectivity index (χ1) is 8.27. The van der Waals surface area contributed by atoms with Crippen LogP contribution in [0.2, 0.25) is 0 Å². The first-order valence-electron chi connectivity index (χ1n) is 4.87. The molecule has 0 spiro atoms. The van der Waals surface area contributed by atoms with E-state index >= 15 is 0 Å². The Hall–Kier alpha value is -2.21. The van der Waals surface area contributed by atoms with Crippen LogP contribution < -0.4 is 0 Å². The SMILES string of the molecule is O=C(O)c1nc(-c2cccs2)n2cccnc12. The van der Waals surface area contributed by atoms with Crippen LogP contribution in [-0.4, -0.2) is 25.4 Å². The number of fused-ring (bicyclic) bond motifs is 1. The van der Waals surface area contributed by atoms with Crippen LogP contribution in [0.5, 0.6) is 0 Å². The highest BCUT2D eigenvalue weighted by Gasteiger charge is 2.18. The molecule has 0 radical (unpaired) electrons. The van der Waals surface area contributed by atoms with Crippen LogP contribution in [0.4, 0.5) is 0 Å². The molecule has 3 aromatic rings. The number of carboxylic acids is 1. The number of hydrogen-bond acceptors (Lipinski definition) is 4. The molecule has 0 fully saturated rings. The summed E-state index contributed by atoms with van der Waals surface area (Å²) in [5.74, 6) is -0.454. The van der Waals surface area contributed by atoms with Gasteiger partial charge in [0.25, 0.3) is 0 Å². The maximum absolute atomic E-state index is 11.1. The van der Waals surface area contributed by atoms with Crippen LogP contribution >= 0.6 is 11.3 Å². The van der Waals surface area contributed by atoms with E-state index in [9.17, 15) is 4.79 Å². The van der Waals surface area contributed by atoms with E-state index in [1.54, 1.807) is 22.9 Å². The van der Waals surface area contributed by atoms with Crippen LogP contribution in [-0.2, 0) is 0 Å². The van der Waals surface area contributed by atoms with E-state index in [2.05, 4.69) is 9.97 Å². The van der Waals surface area contributed by atoms with Crippen LogP contribution in [0.25, 0.3) is 16.3 Å². The molecule has 0 unspecified atom stereocenters. The van der Waals surface area contributed by atoms with Crippen molar-refractivity contribution in [1.29, 1.82) is 0 Å². The smallest absolute Gasteiger partial charge is 0.358 e. The Labute approximate surface area is 100 Å². The summed E-state index contributed by atoms with van der Waals surface area (Å²) in [4.78, 5) is 20.2. The Morgan fingerprint density at radius 3 is 3.00 bits per heavy atom. The van der Waals surface area contributed by atoms with Crippen LogP contribution in [0.15, 0.2) is 36.0 Å². The van der Waals surface area contributed by atoms with Gasteiger partial charge in [0.2, 0.25) is 0 Å². The highest BCUT2D eigenvalue weighted by molar-refractivity contribution is 7.13. The molecular formula is C11H7N3O2S. The van der Waals surface area contributed by atoms with E-state index in [1.165, 1.54) is 11.3 Å². The Kier molecular flexibility index (Phi) is 2.15. The number of imidazole rings is 1. The van der Waals surface area contributed by atoms with Gasteiger partial charge in [0, 0.05) is 12.4 Å². The average molecular weight is 245 g/mol. The van der Waals surface area contributed by atoms with Crippen LogP contribution in [0.1, 0.15) is 10.5 Å². The molecular weight excluding hydrogens is 238 g/mol. The first kappa shape index (κ1) is 9.98. The minimum Gasteiger partial charge on any atom is -0.476 e. The van der Waals surface area contributed by atoms with Gasteiger partial charge in [0.15, 0.2) is 17.2 Å². The molecule has 0 aromatic carbocycles. The highest BCUT2D eigenvalue weighted by atomic mass is 32.1. The van der Waals surface area contributed by atoms with Gasteiger partial charge < -0.3 is 5.11 Å². The van der Waals surface area contributed by atoms with Gasteiger partial charge >= 0.3 is 5.97 Å². The van der Waals surface area contributed by atoms with Gasteiger partial charge in [0.1, 0.15) is 0 Å². The molecule has 0 saturated heterocycles. The van der Waals surface area contributed by atoms with E-state index in [-0.39, 0.29) is 5.69 Å². The molecule has 3 rings (SSSR count). The molecule has 0 aliphatic rings. The lowest BCUT2D eigenvalue weighted by molar-refractivity contribution is 0.0693. The predicted molar refractivity (Wildman–Crippen MR) is 63.3 cm³/mol. The second kappa shape index (κ2) is 3.67. The number of hydrogen-bond donors (Lipinski definition) is 1. The second-order valence-corrected chi connectivity index (χ2v) is 4.33. The van der Waals surface area contributed by atoms with Crippen molar-refractivity contribution >= 4 is 23.0 Å². The number of carbonyl (C=O) groups is 1. The van der Waals surface area contributed by atoms with E-state index < -0.39 is 5.97 Å². The van der Waals surface area contributed by atoms with Gasteiger partial charge in [-0.1, -0.05) is 6.07 Å². The number of thiophene rings is 1. The van der Waals surface area contributed by atoms with Gasteiger partial charge in [-0.25, -0.2) is 14.8 Å².